The molecule has 0 radical (unpaired) electrons. The fraction of sp³-hybridized carbons (Fsp3) is 0.321. The van der Waals surface area contributed by atoms with Gasteiger partial charge in [0.15, 0.2) is 11.2 Å². The topological polar surface area (TPSA) is 35.5 Å². The highest BCUT2D eigenvalue weighted by Gasteiger charge is 2.27. The standard InChI is InChI=1S/C56H61O3P/c1-32(2)40-28-45(34(5)6)51(46(29-40)35(7)8)49-26-38-20-16-18-24-43(38)53-54-44-25-19-17-21-39(44)27-50(52-47(36(9)10)30-41(33(3)4)31-48(52)37(11)12)56(54)59-60(58-55(49)53)57-42-22-14-13-15-23-42/h13-37H,1-12H3. The van der Waals surface area contributed by atoms with Crippen LogP contribution in [0.15, 0.2) is 124 Å². The fourth-order valence-corrected chi connectivity index (χ4v) is 10.1. The first kappa shape index (κ1) is 41.5. The Morgan fingerprint density at radius 2 is 0.750 bits per heavy atom. The summed E-state index contributed by atoms with van der Waals surface area (Å²) in [4.78, 5) is 0. The lowest BCUT2D eigenvalue weighted by atomic mass is 9.80. The van der Waals surface area contributed by atoms with Crippen LogP contribution in [0.5, 0.6) is 5.75 Å². The first-order chi connectivity index (χ1) is 28.7. The maximum absolute atomic E-state index is 7.45. The molecule has 0 bridgehead atoms. The van der Waals surface area contributed by atoms with Gasteiger partial charge in [-0.15, -0.1) is 0 Å². The molecule has 0 aliphatic carbocycles. The molecule has 0 atom stereocenters. The molecule has 60 heavy (non-hydrogen) atoms. The van der Waals surface area contributed by atoms with Gasteiger partial charge in [0.05, 0.1) is 0 Å². The zero-order valence-electron chi connectivity index (χ0n) is 37.6. The fourth-order valence-electron chi connectivity index (χ4n) is 9.02. The molecule has 1 heterocycles. The van der Waals surface area contributed by atoms with E-state index in [4.69, 9.17) is 12.9 Å². The van der Waals surface area contributed by atoms with Crippen molar-refractivity contribution in [2.75, 3.05) is 0 Å². The number of benzene rings is 7. The Bertz CT molecular complexity index is 2670. The smallest absolute Gasteiger partial charge is 0.391 e. The summed E-state index contributed by atoms with van der Waals surface area (Å²) in [5.74, 6) is 2.62. The molecule has 8 rings (SSSR count). The molecule has 1 aromatic heterocycles. The third-order valence-electron chi connectivity index (χ3n) is 12.3. The van der Waals surface area contributed by atoms with Gasteiger partial charge in [-0.1, -0.05) is 174 Å². The van der Waals surface area contributed by atoms with Crippen LogP contribution in [0.25, 0.3) is 65.7 Å². The summed E-state index contributed by atoms with van der Waals surface area (Å²) >= 11 is 0. The Hall–Kier alpha value is -5.24. The van der Waals surface area contributed by atoms with E-state index in [0.717, 1.165) is 54.6 Å². The van der Waals surface area contributed by atoms with Crippen LogP contribution in [0.4, 0.5) is 0 Å². The molecule has 4 heteroatoms. The monoisotopic (exact) mass is 812 g/mol. The summed E-state index contributed by atoms with van der Waals surface area (Å²) in [6, 6.07) is 42.1. The van der Waals surface area contributed by atoms with Gasteiger partial charge < -0.3 is 12.9 Å². The van der Waals surface area contributed by atoms with Crippen molar-refractivity contribution in [3.8, 4) is 28.0 Å². The van der Waals surface area contributed by atoms with Crippen molar-refractivity contribution in [1.29, 1.82) is 0 Å². The first-order valence-corrected chi connectivity index (χ1v) is 23.2. The van der Waals surface area contributed by atoms with Crippen LogP contribution in [-0.2, 0) is 0 Å². The van der Waals surface area contributed by atoms with E-state index in [1.54, 1.807) is 0 Å². The molecular weight excluding hydrogens is 752 g/mol. The van der Waals surface area contributed by atoms with Gasteiger partial charge >= 0.3 is 8.24 Å². The molecule has 7 aromatic carbocycles. The van der Waals surface area contributed by atoms with E-state index in [2.05, 4.69) is 168 Å². The minimum Gasteiger partial charge on any atom is -0.391 e. The van der Waals surface area contributed by atoms with E-state index >= 15 is 0 Å². The zero-order chi connectivity index (χ0) is 42.6. The van der Waals surface area contributed by atoms with Gasteiger partial charge in [0.25, 0.3) is 0 Å². The lowest BCUT2D eigenvalue weighted by Gasteiger charge is -2.24. The molecule has 308 valence electrons. The SMILES string of the molecule is CC(C)c1cc(C(C)C)c(-c2cc3ccccc3c3c2op(Oc2ccccc2)oc2c(-c4c(C(C)C)cc(C(C)C)cc4C(C)C)cc4ccccc4c23)c(C(C)C)c1. The van der Waals surface area contributed by atoms with Crippen molar-refractivity contribution in [3.05, 3.63) is 149 Å². The van der Waals surface area contributed by atoms with E-state index in [-0.39, 0.29) is 23.7 Å². The first-order valence-electron chi connectivity index (χ1n) is 22.1. The van der Waals surface area contributed by atoms with Crippen molar-refractivity contribution in [3.63, 3.8) is 0 Å². The predicted octanol–water partition coefficient (Wildman–Crippen LogP) is 18.5. The van der Waals surface area contributed by atoms with E-state index < -0.39 is 8.24 Å². The molecule has 0 saturated heterocycles. The number of fused-ring (bicyclic) bond motifs is 7. The molecule has 0 aliphatic rings. The molecule has 0 N–H and O–H groups in total. The summed E-state index contributed by atoms with van der Waals surface area (Å²) in [6.07, 6.45) is 0. The van der Waals surface area contributed by atoms with Gasteiger partial charge in [-0.2, -0.15) is 0 Å². The molecule has 0 amide bonds. The van der Waals surface area contributed by atoms with Gasteiger partial charge in [0.2, 0.25) is 0 Å². The lowest BCUT2D eigenvalue weighted by Crippen LogP contribution is -2.04. The highest BCUT2D eigenvalue weighted by atomic mass is 31.1. The van der Waals surface area contributed by atoms with Crippen molar-refractivity contribution >= 4 is 51.7 Å². The Labute approximate surface area is 358 Å². The zero-order valence-corrected chi connectivity index (χ0v) is 38.5. The molecular formula is C56H61O3P. The lowest BCUT2D eigenvalue weighted by molar-refractivity contribution is 0.498. The van der Waals surface area contributed by atoms with Crippen LogP contribution in [0.3, 0.4) is 0 Å². The van der Waals surface area contributed by atoms with Gasteiger partial charge in [-0.05, 0) is 126 Å². The minimum atomic E-state index is -2.00. The van der Waals surface area contributed by atoms with Gasteiger partial charge in [0, 0.05) is 21.9 Å². The highest BCUT2D eigenvalue weighted by Crippen LogP contribution is 2.51. The molecule has 3 nitrogen and oxygen atoms in total. The van der Waals surface area contributed by atoms with Crippen LogP contribution in [0, 0.1) is 0 Å². The molecule has 0 saturated carbocycles. The molecule has 8 aromatic rings. The van der Waals surface area contributed by atoms with Crippen LogP contribution < -0.4 is 4.52 Å². The Morgan fingerprint density at radius 1 is 0.400 bits per heavy atom. The summed E-state index contributed by atoms with van der Waals surface area (Å²) in [5.41, 5.74) is 14.3. The predicted molar refractivity (Wildman–Crippen MR) is 259 cm³/mol. The quantitative estimate of drug-likeness (QED) is 0.138. The number of hydrogen-bond acceptors (Lipinski definition) is 3. The van der Waals surface area contributed by atoms with E-state index in [1.165, 1.54) is 44.5 Å². The average molecular weight is 813 g/mol. The van der Waals surface area contributed by atoms with Gasteiger partial charge in [0.1, 0.15) is 5.75 Å². The highest BCUT2D eigenvalue weighted by molar-refractivity contribution is 7.32. The van der Waals surface area contributed by atoms with Crippen LogP contribution >= 0.6 is 8.24 Å². The second kappa shape index (κ2) is 16.7. The van der Waals surface area contributed by atoms with Gasteiger partial charge in [-0.25, -0.2) is 0 Å². The number of rotatable bonds is 10. The molecule has 0 aliphatic heterocycles. The second-order valence-electron chi connectivity index (χ2n) is 18.6. The molecule has 0 unspecified atom stereocenters. The summed E-state index contributed by atoms with van der Waals surface area (Å²) in [6.45, 7) is 27.7. The van der Waals surface area contributed by atoms with Crippen LogP contribution in [-0.4, -0.2) is 0 Å². The molecule has 0 spiro atoms. The number of hydrogen-bond donors (Lipinski definition) is 0. The normalized spacial score (nSPS) is 12.2. The third-order valence-corrected chi connectivity index (χ3v) is 13.3. The summed E-state index contributed by atoms with van der Waals surface area (Å²) in [5, 5.41) is 6.67. The van der Waals surface area contributed by atoms with Crippen molar-refractivity contribution in [2.45, 2.75) is 119 Å². The van der Waals surface area contributed by atoms with Gasteiger partial charge in [-0.3, -0.25) is 0 Å². The summed E-state index contributed by atoms with van der Waals surface area (Å²) in [7, 11) is -2.00. The largest absolute Gasteiger partial charge is 0.453 e. The Balaban J connectivity index is 1.69. The van der Waals surface area contributed by atoms with Crippen LogP contribution in [0.2, 0.25) is 0 Å². The second-order valence-corrected chi connectivity index (χ2v) is 19.6. The summed E-state index contributed by atoms with van der Waals surface area (Å²) < 4.78 is 21.8. The van der Waals surface area contributed by atoms with E-state index in [9.17, 15) is 0 Å². The number of para-hydroxylation sites is 1. The Kier molecular flexibility index (Phi) is 11.5. The minimum absolute atomic E-state index is 0.278. The molecule has 0 fully saturated rings. The van der Waals surface area contributed by atoms with E-state index in [0.29, 0.717) is 17.6 Å². The van der Waals surface area contributed by atoms with Crippen LogP contribution in [0.1, 0.15) is 152 Å². The Morgan fingerprint density at radius 3 is 1.10 bits per heavy atom. The maximum Gasteiger partial charge on any atom is 0.453 e. The van der Waals surface area contributed by atoms with Crippen molar-refractivity contribution in [1.82, 2.24) is 0 Å². The van der Waals surface area contributed by atoms with Crippen molar-refractivity contribution in [2.24, 2.45) is 0 Å². The third kappa shape index (κ3) is 7.56. The maximum atomic E-state index is 7.45. The average Bonchev–Trinajstić information content (AvgIpc) is 3.39. The van der Waals surface area contributed by atoms with E-state index in [1.807, 2.05) is 30.3 Å². The van der Waals surface area contributed by atoms with Crippen molar-refractivity contribution < 1.29 is 12.9 Å².